The molecule has 1 aromatic heterocycles. The molecule has 9 heteroatoms. The number of rotatable bonds is 3. The molecule has 0 aliphatic rings. The Labute approximate surface area is 85.9 Å². The predicted octanol–water partition coefficient (Wildman–Crippen LogP) is -0.462. The molecule has 0 saturated heterocycles. The Hall–Kier alpha value is -1.48. The molecule has 15 heavy (non-hydrogen) atoms. The van der Waals surface area contributed by atoms with Crippen molar-refractivity contribution in [3.05, 3.63) is 15.8 Å². The van der Waals surface area contributed by atoms with Crippen LogP contribution in [0.3, 0.4) is 0 Å². The molecule has 84 valence electrons. The second-order valence-electron chi connectivity index (χ2n) is 2.88. The molecule has 0 radical (unpaired) electrons. The molecular formula is C6H10N4O4S. The van der Waals surface area contributed by atoms with E-state index >= 15 is 0 Å². The quantitative estimate of drug-likeness (QED) is 0.560. The first-order valence-corrected chi connectivity index (χ1v) is 5.56. The van der Waals surface area contributed by atoms with Gasteiger partial charge in [0.25, 0.3) is 10.0 Å². The number of primary sulfonamides is 1. The van der Waals surface area contributed by atoms with Crippen LogP contribution in [0, 0.1) is 10.1 Å². The minimum atomic E-state index is -4.14. The number of nitrogens with zero attached hydrogens (tertiary/aromatic N) is 3. The zero-order valence-electron chi connectivity index (χ0n) is 8.17. The second-order valence-corrected chi connectivity index (χ2v) is 4.36. The number of hydrogen-bond donors (Lipinski definition) is 1. The second kappa shape index (κ2) is 3.59. The normalized spacial score (nSPS) is 11.7. The molecule has 0 aromatic carbocycles. The molecule has 0 amide bonds. The first kappa shape index (κ1) is 11.6. The van der Waals surface area contributed by atoms with Crippen LogP contribution in [-0.4, -0.2) is 23.1 Å². The third-order valence-electron chi connectivity index (χ3n) is 1.83. The Morgan fingerprint density at radius 1 is 1.60 bits per heavy atom. The molecule has 1 aromatic rings. The van der Waals surface area contributed by atoms with Crippen LogP contribution in [0.2, 0.25) is 0 Å². The Morgan fingerprint density at radius 2 is 2.13 bits per heavy atom. The topological polar surface area (TPSA) is 121 Å². The van der Waals surface area contributed by atoms with E-state index in [2.05, 4.69) is 5.10 Å². The summed E-state index contributed by atoms with van der Waals surface area (Å²) in [7, 11) is -2.84. The fraction of sp³-hybridized carbons (Fsp3) is 0.500. The summed E-state index contributed by atoms with van der Waals surface area (Å²) >= 11 is 0. The van der Waals surface area contributed by atoms with Crippen molar-refractivity contribution in [1.29, 1.82) is 0 Å². The maximum absolute atomic E-state index is 11.1. The van der Waals surface area contributed by atoms with Crippen molar-refractivity contribution in [3.63, 3.8) is 0 Å². The van der Waals surface area contributed by atoms with Crippen molar-refractivity contribution in [2.45, 2.75) is 18.4 Å². The van der Waals surface area contributed by atoms with Gasteiger partial charge in [0.1, 0.15) is 5.69 Å². The van der Waals surface area contributed by atoms with Gasteiger partial charge in [0, 0.05) is 7.05 Å². The van der Waals surface area contributed by atoms with Crippen molar-refractivity contribution in [1.82, 2.24) is 9.78 Å². The van der Waals surface area contributed by atoms with Crippen molar-refractivity contribution in [2.24, 2.45) is 12.2 Å². The largest absolute Gasteiger partial charge is 0.330 e. The van der Waals surface area contributed by atoms with Crippen LogP contribution in [0.25, 0.3) is 0 Å². The van der Waals surface area contributed by atoms with Gasteiger partial charge in [-0.15, -0.1) is 0 Å². The molecule has 1 rings (SSSR count). The van der Waals surface area contributed by atoms with Crippen LogP contribution in [0.1, 0.15) is 12.6 Å². The summed E-state index contributed by atoms with van der Waals surface area (Å²) in [6.45, 7) is 1.64. The molecule has 0 aliphatic heterocycles. The summed E-state index contributed by atoms with van der Waals surface area (Å²) in [6.07, 6.45) is 0.264. The summed E-state index contributed by atoms with van der Waals surface area (Å²) in [5.41, 5.74) is -0.436. The lowest BCUT2D eigenvalue weighted by molar-refractivity contribution is -0.388. The Morgan fingerprint density at radius 3 is 2.47 bits per heavy atom. The zero-order valence-corrected chi connectivity index (χ0v) is 8.98. The van der Waals surface area contributed by atoms with E-state index < -0.39 is 25.7 Å². The molecule has 0 fully saturated rings. The van der Waals surface area contributed by atoms with Crippen LogP contribution >= 0.6 is 0 Å². The molecule has 2 N–H and O–H groups in total. The molecule has 0 unspecified atom stereocenters. The first-order chi connectivity index (χ1) is 6.79. The fourth-order valence-corrected chi connectivity index (χ4v) is 2.16. The molecule has 0 atom stereocenters. The van der Waals surface area contributed by atoms with E-state index in [1.165, 1.54) is 7.05 Å². The third-order valence-corrected chi connectivity index (χ3v) is 2.82. The van der Waals surface area contributed by atoms with Gasteiger partial charge in [0.15, 0.2) is 0 Å². The van der Waals surface area contributed by atoms with Gasteiger partial charge < -0.3 is 0 Å². The van der Waals surface area contributed by atoms with Crippen LogP contribution in [-0.2, 0) is 23.5 Å². The lowest BCUT2D eigenvalue weighted by Gasteiger charge is -1.96. The molecule has 0 spiro atoms. The van der Waals surface area contributed by atoms with E-state index in [-0.39, 0.29) is 12.1 Å². The minimum Gasteiger partial charge on any atom is -0.258 e. The minimum absolute atomic E-state index is 0.103. The van der Waals surface area contributed by atoms with E-state index in [1.54, 1.807) is 6.92 Å². The summed E-state index contributed by atoms with van der Waals surface area (Å²) in [5, 5.41) is 18.7. The summed E-state index contributed by atoms with van der Waals surface area (Å²) < 4.78 is 23.2. The van der Waals surface area contributed by atoms with Crippen LogP contribution in [0.5, 0.6) is 0 Å². The average molecular weight is 234 g/mol. The smallest absolute Gasteiger partial charge is 0.258 e. The van der Waals surface area contributed by atoms with E-state index in [0.717, 1.165) is 4.68 Å². The van der Waals surface area contributed by atoms with Gasteiger partial charge in [-0.2, -0.15) is 5.10 Å². The lowest BCUT2D eigenvalue weighted by atomic mass is 10.3. The maximum Gasteiger partial charge on any atom is 0.330 e. The molecule has 1 heterocycles. The van der Waals surface area contributed by atoms with Gasteiger partial charge in [-0.3, -0.25) is 10.1 Å². The van der Waals surface area contributed by atoms with Gasteiger partial charge in [-0.1, -0.05) is 6.92 Å². The maximum atomic E-state index is 11.1. The number of sulfonamides is 1. The molecule has 0 bridgehead atoms. The van der Waals surface area contributed by atoms with Gasteiger partial charge >= 0.3 is 5.69 Å². The number of aryl methyl sites for hydroxylation is 2. The number of aromatic nitrogens is 2. The number of hydrogen-bond acceptors (Lipinski definition) is 5. The SMILES string of the molecule is CCc1nn(C)c(S(N)(=O)=O)c1[N+](=O)[O-]. The Bertz CT molecular complexity index is 503. The van der Waals surface area contributed by atoms with Crippen molar-refractivity contribution in [3.8, 4) is 0 Å². The molecular weight excluding hydrogens is 224 g/mol. The highest BCUT2D eigenvalue weighted by atomic mass is 32.2. The molecule has 8 nitrogen and oxygen atoms in total. The van der Waals surface area contributed by atoms with E-state index in [0.29, 0.717) is 0 Å². The Balaban J connectivity index is 3.64. The molecule has 0 aliphatic carbocycles. The first-order valence-electron chi connectivity index (χ1n) is 4.02. The predicted molar refractivity (Wildman–Crippen MR) is 50.6 cm³/mol. The number of nitro groups is 1. The highest BCUT2D eigenvalue weighted by Gasteiger charge is 2.32. The summed E-state index contributed by atoms with van der Waals surface area (Å²) in [5.74, 6) is 0. The van der Waals surface area contributed by atoms with Crippen LogP contribution in [0.15, 0.2) is 5.03 Å². The van der Waals surface area contributed by atoms with Crippen molar-refractivity contribution >= 4 is 15.7 Å². The summed E-state index contributed by atoms with van der Waals surface area (Å²) in [4.78, 5) is 9.91. The standard InChI is InChI=1S/C6H10N4O4S/c1-3-4-5(10(11)12)6(9(2)8-4)15(7,13)14/h3H2,1-2H3,(H2,7,13,14). The van der Waals surface area contributed by atoms with Crippen molar-refractivity contribution < 1.29 is 13.3 Å². The summed E-state index contributed by atoms with van der Waals surface area (Å²) in [6, 6.07) is 0. The highest BCUT2D eigenvalue weighted by molar-refractivity contribution is 7.89. The molecule has 0 saturated carbocycles. The van der Waals surface area contributed by atoms with Gasteiger partial charge in [0.2, 0.25) is 5.03 Å². The van der Waals surface area contributed by atoms with Crippen LogP contribution in [0.4, 0.5) is 5.69 Å². The number of nitrogens with two attached hydrogens (primary N) is 1. The van der Waals surface area contributed by atoms with E-state index in [1.807, 2.05) is 0 Å². The third kappa shape index (κ3) is 1.97. The van der Waals surface area contributed by atoms with Gasteiger partial charge in [-0.05, 0) is 6.42 Å². The fourth-order valence-electron chi connectivity index (χ4n) is 1.29. The van der Waals surface area contributed by atoms with E-state index in [9.17, 15) is 18.5 Å². The zero-order chi connectivity index (χ0) is 11.8. The van der Waals surface area contributed by atoms with Crippen LogP contribution < -0.4 is 5.14 Å². The average Bonchev–Trinajstić information content (AvgIpc) is 2.41. The van der Waals surface area contributed by atoms with E-state index in [4.69, 9.17) is 5.14 Å². The highest BCUT2D eigenvalue weighted by Crippen LogP contribution is 2.26. The van der Waals surface area contributed by atoms with Crippen molar-refractivity contribution in [2.75, 3.05) is 0 Å². The Kier molecular flexibility index (Phi) is 2.77. The lowest BCUT2D eigenvalue weighted by Crippen LogP contribution is -2.17. The van der Waals surface area contributed by atoms with Gasteiger partial charge in [0.05, 0.1) is 4.92 Å². The van der Waals surface area contributed by atoms with Gasteiger partial charge in [-0.25, -0.2) is 18.2 Å². The monoisotopic (exact) mass is 234 g/mol.